The lowest BCUT2D eigenvalue weighted by molar-refractivity contribution is 0.414. The van der Waals surface area contributed by atoms with Crippen LogP contribution in [0.2, 0.25) is 5.02 Å². The zero-order chi connectivity index (χ0) is 30.7. The van der Waals surface area contributed by atoms with Gasteiger partial charge in [-0.3, -0.25) is 9.56 Å². The first kappa shape index (κ1) is 30.6. The fourth-order valence-electron chi connectivity index (χ4n) is 5.11. The van der Waals surface area contributed by atoms with Crippen LogP contribution in [-0.4, -0.2) is 61.3 Å². The van der Waals surface area contributed by atoms with E-state index in [0.29, 0.717) is 22.8 Å². The van der Waals surface area contributed by atoms with Gasteiger partial charge in [-0.25, -0.2) is 22.5 Å². The number of hydrogen-bond donors (Lipinski definition) is 2. The molecule has 0 radical (unpaired) electrons. The maximum Gasteiger partial charge on any atom is 0.215 e. The van der Waals surface area contributed by atoms with Gasteiger partial charge in [0.25, 0.3) is 0 Å². The van der Waals surface area contributed by atoms with E-state index in [1.165, 1.54) is 18.7 Å². The molecule has 2 aromatic heterocycles. The monoisotopic (exact) mass is 620 g/mol. The number of sulfonamides is 1. The molecule has 0 aliphatic carbocycles. The third-order valence-corrected chi connectivity index (χ3v) is 8.89. The number of halogens is 2. The number of aromatic amines is 1. The van der Waals surface area contributed by atoms with E-state index in [4.69, 9.17) is 11.6 Å². The van der Waals surface area contributed by atoms with Gasteiger partial charge in [-0.2, -0.15) is 0 Å². The lowest BCUT2D eigenvalue weighted by atomic mass is 10.00. The second-order valence-corrected chi connectivity index (χ2v) is 13.0. The Bertz CT molecular complexity index is 1910. The van der Waals surface area contributed by atoms with E-state index in [0.717, 1.165) is 52.2 Å². The number of benzene rings is 3. The van der Waals surface area contributed by atoms with E-state index in [-0.39, 0.29) is 11.6 Å². The fourth-order valence-corrected chi connectivity index (χ4v) is 6.05. The zero-order valence-electron chi connectivity index (χ0n) is 24.5. The smallest absolute Gasteiger partial charge is 0.215 e. The summed E-state index contributed by atoms with van der Waals surface area (Å²) < 4.78 is 41.9. The molecule has 43 heavy (non-hydrogen) atoms. The molecule has 0 unspecified atom stereocenters. The Balaban J connectivity index is 0.000000173. The highest BCUT2D eigenvalue weighted by atomic mass is 35.5. The Morgan fingerprint density at radius 3 is 2.63 bits per heavy atom. The summed E-state index contributed by atoms with van der Waals surface area (Å²) in [6.07, 6.45) is 4.75. The van der Waals surface area contributed by atoms with Gasteiger partial charge in [-0.1, -0.05) is 29.8 Å². The molecule has 0 fully saturated rings. The van der Waals surface area contributed by atoms with Crippen molar-refractivity contribution >= 4 is 38.2 Å². The summed E-state index contributed by atoms with van der Waals surface area (Å²) in [5.74, 6) is 0.588. The van der Waals surface area contributed by atoms with Crippen molar-refractivity contribution in [2.24, 2.45) is 4.99 Å². The molecule has 8 nitrogen and oxygen atoms in total. The van der Waals surface area contributed by atoms with Crippen LogP contribution in [0, 0.1) is 12.7 Å². The molecular formula is C32H34ClFN6O2S. The number of aryl methyl sites for hydroxylation is 1. The maximum absolute atomic E-state index is 14.3. The number of likely N-dealkylation sites (N-methyl/N-ethyl adjacent to an activating group) is 1. The number of nitrogens with one attached hydrogen (secondary N) is 2. The van der Waals surface area contributed by atoms with Crippen molar-refractivity contribution in [1.29, 1.82) is 0 Å². The number of aliphatic imine (C=N–C) groups is 1. The van der Waals surface area contributed by atoms with Gasteiger partial charge in [0.1, 0.15) is 11.6 Å². The van der Waals surface area contributed by atoms with Crippen LogP contribution in [0.3, 0.4) is 0 Å². The Labute approximate surface area is 256 Å². The van der Waals surface area contributed by atoms with Crippen LogP contribution in [0.4, 0.5) is 4.39 Å². The molecule has 3 aromatic carbocycles. The summed E-state index contributed by atoms with van der Waals surface area (Å²) >= 11 is 6.19. The summed E-state index contributed by atoms with van der Waals surface area (Å²) in [6, 6.07) is 18.0. The first-order chi connectivity index (χ1) is 20.6. The number of fused-ring (bicyclic) bond motifs is 4. The van der Waals surface area contributed by atoms with Crippen molar-refractivity contribution in [2.75, 3.05) is 27.7 Å². The van der Waals surface area contributed by atoms with E-state index >= 15 is 0 Å². The standard InChI is InChI=1S/C18H13ClFN3.C14H21N3O2S/c1-11-21-9-13-10-22-18(14-4-2-3-5-16(14)20)15-8-12(19)6-7-17(15)23(11)13;1-15-20(18,19)10-11-4-5-14-13(8-11)12(9-16-14)6-7-17(2)3/h2-9H,10H2,1H3;4-5,8-9,15-16H,6-7,10H2,1-3H3. The van der Waals surface area contributed by atoms with E-state index in [1.54, 1.807) is 12.1 Å². The van der Waals surface area contributed by atoms with Gasteiger partial charge in [-0.15, -0.1) is 0 Å². The highest BCUT2D eigenvalue weighted by molar-refractivity contribution is 7.88. The van der Waals surface area contributed by atoms with Crippen LogP contribution in [0.15, 0.2) is 78.0 Å². The predicted molar refractivity (Wildman–Crippen MR) is 171 cm³/mol. The minimum absolute atomic E-state index is 0.0116. The predicted octanol–water partition coefficient (Wildman–Crippen LogP) is 5.65. The highest BCUT2D eigenvalue weighted by Gasteiger charge is 2.22. The van der Waals surface area contributed by atoms with Gasteiger partial charge in [0.05, 0.1) is 35.6 Å². The SMILES string of the molecule is CNS(=O)(=O)Cc1ccc2[nH]cc(CCN(C)C)c2c1.Cc1ncc2n1-c1ccc(Cl)cc1C(c1ccccc1F)=NC2. The summed E-state index contributed by atoms with van der Waals surface area (Å²) in [4.78, 5) is 14.4. The van der Waals surface area contributed by atoms with Crippen LogP contribution in [0.5, 0.6) is 0 Å². The second-order valence-electron chi connectivity index (χ2n) is 10.6. The Hall–Kier alpha value is -3.83. The third-order valence-electron chi connectivity index (χ3n) is 7.32. The topological polar surface area (TPSA) is 95.4 Å². The molecule has 3 heterocycles. The molecule has 0 bridgehead atoms. The molecule has 0 saturated heterocycles. The summed E-state index contributed by atoms with van der Waals surface area (Å²) in [5.41, 5.74) is 6.86. The average Bonchev–Trinajstić information content (AvgIpc) is 3.51. The quantitative estimate of drug-likeness (QED) is 0.246. The van der Waals surface area contributed by atoms with Gasteiger partial charge >= 0.3 is 0 Å². The minimum Gasteiger partial charge on any atom is -0.361 e. The minimum atomic E-state index is -3.23. The molecule has 6 rings (SSSR count). The fraction of sp³-hybridized carbons (Fsp3) is 0.250. The molecule has 224 valence electrons. The number of rotatable bonds is 7. The summed E-state index contributed by atoms with van der Waals surface area (Å²) in [6.45, 7) is 3.35. The van der Waals surface area contributed by atoms with Gasteiger partial charge < -0.3 is 9.88 Å². The molecule has 1 aliphatic heterocycles. The molecule has 5 aromatic rings. The lowest BCUT2D eigenvalue weighted by Gasteiger charge is -2.14. The molecule has 0 atom stereocenters. The Morgan fingerprint density at radius 2 is 1.88 bits per heavy atom. The highest BCUT2D eigenvalue weighted by Crippen LogP contribution is 2.29. The average molecular weight is 621 g/mol. The van der Waals surface area contributed by atoms with Gasteiger partial charge in [0.2, 0.25) is 10.0 Å². The number of hydrogen-bond acceptors (Lipinski definition) is 5. The zero-order valence-corrected chi connectivity index (χ0v) is 26.1. The number of H-pyrrole nitrogens is 1. The van der Waals surface area contributed by atoms with E-state index in [2.05, 4.69) is 24.6 Å². The van der Waals surface area contributed by atoms with Crippen LogP contribution >= 0.6 is 11.6 Å². The first-order valence-corrected chi connectivity index (χ1v) is 15.9. The van der Waals surface area contributed by atoms with Crippen molar-refractivity contribution in [2.45, 2.75) is 25.6 Å². The molecule has 0 amide bonds. The molecule has 0 saturated carbocycles. The largest absolute Gasteiger partial charge is 0.361 e. The maximum atomic E-state index is 14.3. The second kappa shape index (κ2) is 12.8. The molecular weight excluding hydrogens is 587 g/mol. The lowest BCUT2D eigenvalue weighted by Crippen LogP contribution is -2.20. The number of nitrogens with zero attached hydrogens (tertiary/aromatic N) is 4. The summed E-state index contributed by atoms with van der Waals surface area (Å²) in [5, 5.41) is 1.70. The van der Waals surface area contributed by atoms with Crippen LogP contribution in [0.1, 0.15) is 33.8 Å². The molecule has 2 N–H and O–H groups in total. The van der Waals surface area contributed by atoms with Crippen molar-refractivity contribution in [1.82, 2.24) is 24.2 Å². The van der Waals surface area contributed by atoms with Crippen molar-refractivity contribution in [3.8, 4) is 5.69 Å². The van der Waals surface area contributed by atoms with Crippen LogP contribution in [0.25, 0.3) is 16.6 Å². The van der Waals surface area contributed by atoms with Gasteiger partial charge in [-0.05, 0) is 88.1 Å². The molecule has 0 spiro atoms. The Morgan fingerprint density at radius 1 is 1.09 bits per heavy atom. The number of imidazole rings is 1. The van der Waals surface area contributed by atoms with E-state index < -0.39 is 10.0 Å². The van der Waals surface area contributed by atoms with E-state index in [9.17, 15) is 12.8 Å². The van der Waals surface area contributed by atoms with E-state index in [1.807, 2.05) is 80.4 Å². The van der Waals surface area contributed by atoms with Crippen molar-refractivity contribution in [3.63, 3.8) is 0 Å². The normalized spacial score (nSPS) is 12.8. The van der Waals surface area contributed by atoms with Gasteiger partial charge in [0.15, 0.2) is 0 Å². The number of aromatic nitrogens is 3. The molecule has 11 heteroatoms. The Kier molecular flexibility index (Phi) is 9.12. The van der Waals surface area contributed by atoms with Crippen LogP contribution < -0.4 is 4.72 Å². The van der Waals surface area contributed by atoms with Crippen molar-refractivity contribution < 1.29 is 12.8 Å². The van der Waals surface area contributed by atoms with Gasteiger partial charge in [0, 0.05) is 39.8 Å². The van der Waals surface area contributed by atoms with Crippen LogP contribution in [-0.2, 0) is 28.7 Å². The third kappa shape index (κ3) is 6.88. The van der Waals surface area contributed by atoms with Crippen molar-refractivity contribution in [3.05, 3.63) is 118 Å². The first-order valence-electron chi connectivity index (χ1n) is 13.8. The summed E-state index contributed by atoms with van der Waals surface area (Å²) in [7, 11) is 2.29. The molecule has 1 aliphatic rings.